The Kier molecular flexibility index (Phi) is 3.88. The molecule has 1 aromatic rings. The minimum absolute atomic E-state index is 0.111. The number of nitriles is 1. The van der Waals surface area contributed by atoms with E-state index in [1.165, 1.54) is 11.8 Å². The zero-order chi connectivity index (χ0) is 14.9. The molecule has 1 N–H and O–H groups in total. The molecule has 108 valence electrons. The van der Waals surface area contributed by atoms with Crippen LogP contribution in [0.25, 0.3) is 0 Å². The lowest BCUT2D eigenvalue weighted by Crippen LogP contribution is -2.38. The van der Waals surface area contributed by atoms with Gasteiger partial charge in [-0.2, -0.15) is 5.26 Å². The number of allylic oxidation sites excluding steroid dienone is 1. The summed E-state index contributed by atoms with van der Waals surface area (Å²) < 4.78 is 0. The molecule has 0 spiro atoms. The molecule has 3 nitrogen and oxygen atoms in total. The molecule has 2 aliphatic rings. The Morgan fingerprint density at radius 3 is 2.71 bits per heavy atom. The van der Waals surface area contributed by atoms with E-state index in [0.717, 1.165) is 24.0 Å². The largest absolute Gasteiger partial charge is 0.384 e. The number of nitrogens with zero attached hydrogens (tertiary/aromatic N) is 1. The van der Waals surface area contributed by atoms with Crippen molar-refractivity contribution in [3.05, 3.63) is 47.5 Å². The Hall–Kier alpha value is -1.57. The second kappa shape index (κ2) is 5.67. The molecule has 1 aromatic carbocycles. The molecule has 0 unspecified atom stereocenters. The predicted molar refractivity (Wildman–Crippen MR) is 82.6 cm³/mol. The van der Waals surface area contributed by atoms with E-state index in [1.807, 2.05) is 30.3 Å². The summed E-state index contributed by atoms with van der Waals surface area (Å²) in [7, 11) is 0. The van der Waals surface area contributed by atoms with Gasteiger partial charge in [-0.1, -0.05) is 35.9 Å². The maximum absolute atomic E-state index is 11.7. The molecule has 0 aromatic heterocycles. The Morgan fingerprint density at radius 1 is 1.29 bits per heavy atom. The van der Waals surface area contributed by atoms with Crippen molar-refractivity contribution in [1.29, 1.82) is 5.26 Å². The van der Waals surface area contributed by atoms with Crippen LogP contribution in [0.3, 0.4) is 0 Å². The highest BCUT2D eigenvalue weighted by Gasteiger charge is 2.51. The van der Waals surface area contributed by atoms with E-state index in [-0.39, 0.29) is 17.0 Å². The molecule has 0 radical (unpaired) electrons. The highest BCUT2D eigenvalue weighted by molar-refractivity contribution is 8.00. The van der Waals surface area contributed by atoms with Crippen LogP contribution in [0.1, 0.15) is 24.8 Å². The summed E-state index contributed by atoms with van der Waals surface area (Å²) in [6.45, 7) is 0. The summed E-state index contributed by atoms with van der Waals surface area (Å²) in [4.78, 5) is 11.7. The normalized spacial score (nSPS) is 32.6. The fraction of sp³-hybridized carbons (Fsp3) is 0.412. The SMILES string of the molecule is N#C[C@H]1SC[C@@](O)(c2ccccc2)[C@@H]1C1=CC(=O)CCC1. The van der Waals surface area contributed by atoms with Crippen molar-refractivity contribution >= 4 is 17.5 Å². The quantitative estimate of drug-likeness (QED) is 0.912. The smallest absolute Gasteiger partial charge is 0.155 e. The first kappa shape index (κ1) is 14.4. The highest BCUT2D eigenvalue weighted by Crippen LogP contribution is 2.50. The second-order valence-corrected chi connectivity index (χ2v) is 6.80. The number of thioether (sulfide) groups is 1. The summed E-state index contributed by atoms with van der Waals surface area (Å²) in [5, 5.41) is 20.4. The van der Waals surface area contributed by atoms with Gasteiger partial charge in [-0.3, -0.25) is 4.79 Å². The van der Waals surface area contributed by atoms with E-state index in [0.29, 0.717) is 12.2 Å². The van der Waals surface area contributed by atoms with E-state index in [9.17, 15) is 15.2 Å². The van der Waals surface area contributed by atoms with Gasteiger partial charge in [0.2, 0.25) is 0 Å². The molecule has 21 heavy (non-hydrogen) atoms. The Bertz CT molecular complexity index is 619. The zero-order valence-electron chi connectivity index (χ0n) is 11.7. The molecule has 3 atom stereocenters. The van der Waals surface area contributed by atoms with Gasteiger partial charge in [0.15, 0.2) is 5.78 Å². The first-order chi connectivity index (χ1) is 10.1. The van der Waals surface area contributed by atoms with E-state index < -0.39 is 5.60 Å². The number of benzene rings is 1. The summed E-state index contributed by atoms with van der Waals surface area (Å²) in [6, 6.07) is 11.8. The van der Waals surface area contributed by atoms with Gasteiger partial charge in [-0.25, -0.2) is 0 Å². The van der Waals surface area contributed by atoms with Gasteiger partial charge in [-0.05, 0) is 24.5 Å². The van der Waals surface area contributed by atoms with Crippen molar-refractivity contribution in [2.75, 3.05) is 5.75 Å². The Labute approximate surface area is 128 Å². The summed E-state index contributed by atoms with van der Waals surface area (Å²) in [5.41, 5.74) is 0.712. The third-order valence-electron chi connectivity index (χ3n) is 4.34. The van der Waals surface area contributed by atoms with Crippen molar-refractivity contribution in [2.24, 2.45) is 5.92 Å². The van der Waals surface area contributed by atoms with Crippen LogP contribution in [-0.2, 0) is 10.4 Å². The average Bonchev–Trinajstić information content (AvgIpc) is 2.86. The maximum Gasteiger partial charge on any atom is 0.155 e. The highest BCUT2D eigenvalue weighted by atomic mass is 32.2. The van der Waals surface area contributed by atoms with Gasteiger partial charge in [0, 0.05) is 18.1 Å². The number of carbonyl (C=O) groups is 1. The molecule has 1 aliphatic carbocycles. The number of aliphatic hydroxyl groups is 1. The number of rotatable bonds is 2. The third-order valence-corrected chi connectivity index (χ3v) is 5.68. The van der Waals surface area contributed by atoms with E-state index >= 15 is 0 Å². The van der Waals surface area contributed by atoms with E-state index in [2.05, 4.69) is 6.07 Å². The minimum Gasteiger partial charge on any atom is -0.384 e. The summed E-state index contributed by atoms with van der Waals surface area (Å²) in [6.07, 6.45) is 3.85. The monoisotopic (exact) mass is 299 g/mol. The Morgan fingerprint density at radius 2 is 2.05 bits per heavy atom. The van der Waals surface area contributed by atoms with Crippen LogP contribution in [0.2, 0.25) is 0 Å². The van der Waals surface area contributed by atoms with Gasteiger partial charge >= 0.3 is 0 Å². The van der Waals surface area contributed by atoms with Crippen molar-refractivity contribution < 1.29 is 9.90 Å². The molecular formula is C17H17NO2S. The van der Waals surface area contributed by atoms with Crippen LogP contribution < -0.4 is 0 Å². The van der Waals surface area contributed by atoms with E-state index in [1.54, 1.807) is 6.08 Å². The first-order valence-electron chi connectivity index (χ1n) is 7.17. The van der Waals surface area contributed by atoms with Gasteiger partial charge in [0.1, 0.15) is 10.9 Å². The lowest BCUT2D eigenvalue weighted by molar-refractivity contribution is -0.115. The van der Waals surface area contributed by atoms with Gasteiger partial charge < -0.3 is 5.11 Å². The molecule has 0 bridgehead atoms. The number of ketones is 1. The molecule has 1 heterocycles. The lowest BCUT2D eigenvalue weighted by atomic mass is 9.74. The van der Waals surface area contributed by atoms with Crippen LogP contribution in [-0.4, -0.2) is 21.9 Å². The Balaban J connectivity index is 2.04. The first-order valence-corrected chi connectivity index (χ1v) is 8.22. The molecule has 0 amide bonds. The predicted octanol–water partition coefficient (Wildman–Crippen LogP) is 2.81. The average molecular weight is 299 g/mol. The standard InChI is InChI=1S/C17H17NO2S/c18-10-15-16(12-5-4-8-14(19)9-12)17(20,11-21-15)13-6-2-1-3-7-13/h1-3,6-7,9,15-16,20H,4-5,8,11H2/t15-,16-,17-/m1/s1. The van der Waals surface area contributed by atoms with Gasteiger partial charge in [0.05, 0.1) is 6.07 Å². The topological polar surface area (TPSA) is 61.1 Å². The third kappa shape index (κ3) is 2.52. The lowest BCUT2D eigenvalue weighted by Gasteiger charge is -2.33. The number of hydrogen-bond acceptors (Lipinski definition) is 4. The number of carbonyl (C=O) groups excluding carboxylic acids is 1. The van der Waals surface area contributed by atoms with Crippen LogP contribution in [0.15, 0.2) is 42.0 Å². The molecule has 1 fully saturated rings. The van der Waals surface area contributed by atoms with Crippen molar-refractivity contribution in [3.8, 4) is 6.07 Å². The molecule has 3 rings (SSSR count). The van der Waals surface area contributed by atoms with E-state index in [4.69, 9.17) is 0 Å². The fourth-order valence-electron chi connectivity index (χ4n) is 3.32. The second-order valence-electron chi connectivity index (χ2n) is 5.67. The van der Waals surface area contributed by atoms with Crippen molar-refractivity contribution in [1.82, 2.24) is 0 Å². The van der Waals surface area contributed by atoms with Gasteiger partial charge in [0.25, 0.3) is 0 Å². The van der Waals surface area contributed by atoms with Gasteiger partial charge in [-0.15, -0.1) is 11.8 Å². The number of hydrogen-bond donors (Lipinski definition) is 1. The molecule has 4 heteroatoms. The fourth-order valence-corrected chi connectivity index (χ4v) is 4.77. The van der Waals surface area contributed by atoms with Crippen molar-refractivity contribution in [2.45, 2.75) is 30.1 Å². The zero-order valence-corrected chi connectivity index (χ0v) is 12.5. The molecular weight excluding hydrogens is 282 g/mol. The van der Waals surface area contributed by atoms with Crippen LogP contribution in [0.5, 0.6) is 0 Å². The van der Waals surface area contributed by atoms with Crippen molar-refractivity contribution in [3.63, 3.8) is 0 Å². The maximum atomic E-state index is 11.7. The van der Waals surface area contributed by atoms with Crippen LogP contribution >= 0.6 is 11.8 Å². The van der Waals surface area contributed by atoms with Crippen LogP contribution in [0, 0.1) is 17.2 Å². The van der Waals surface area contributed by atoms with Crippen LogP contribution in [0.4, 0.5) is 0 Å². The minimum atomic E-state index is -1.06. The molecule has 0 saturated carbocycles. The summed E-state index contributed by atoms with van der Waals surface area (Å²) >= 11 is 1.48. The summed E-state index contributed by atoms with van der Waals surface area (Å²) in [5.74, 6) is 0.310. The molecule has 1 aliphatic heterocycles. The molecule has 1 saturated heterocycles.